The maximum Gasteiger partial charge on any atom is 0.335 e. The van der Waals surface area contributed by atoms with Crippen molar-refractivity contribution in [3.05, 3.63) is 70.3 Å². The summed E-state index contributed by atoms with van der Waals surface area (Å²) >= 11 is 0. The van der Waals surface area contributed by atoms with Crippen LogP contribution in [-0.4, -0.2) is 11.1 Å². The third kappa shape index (κ3) is 4.50. The van der Waals surface area contributed by atoms with Crippen LogP contribution in [0.3, 0.4) is 0 Å². The van der Waals surface area contributed by atoms with Crippen LogP contribution in [0.2, 0.25) is 0 Å². The van der Waals surface area contributed by atoms with E-state index >= 15 is 0 Å². The second-order valence-corrected chi connectivity index (χ2v) is 7.00. The zero-order chi connectivity index (χ0) is 18.4. The Labute approximate surface area is 151 Å². The van der Waals surface area contributed by atoms with Gasteiger partial charge in [-0.2, -0.15) is 0 Å². The van der Waals surface area contributed by atoms with Crippen molar-refractivity contribution < 1.29 is 9.90 Å². The van der Waals surface area contributed by atoms with Crippen LogP contribution in [0.25, 0.3) is 0 Å². The summed E-state index contributed by atoms with van der Waals surface area (Å²) in [4.78, 5) is 11.7. The molecule has 0 spiro atoms. The van der Waals surface area contributed by atoms with Gasteiger partial charge in [-0.1, -0.05) is 64.1 Å². The molecule has 2 aromatic rings. The monoisotopic (exact) mass is 338 g/mol. The van der Waals surface area contributed by atoms with Gasteiger partial charge in [-0.05, 0) is 65.8 Å². The summed E-state index contributed by atoms with van der Waals surface area (Å²) in [5.41, 5.74) is 5.45. The van der Waals surface area contributed by atoms with E-state index in [9.17, 15) is 9.90 Å². The largest absolute Gasteiger partial charge is 0.478 e. The molecule has 2 aromatic carbocycles. The fraction of sp³-hybridized carbons (Fsp3) is 0.435. The van der Waals surface area contributed by atoms with Crippen LogP contribution in [0.15, 0.2) is 42.5 Å². The molecule has 2 unspecified atom stereocenters. The number of carbonyl (C=O) groups is 1. The van der Waals surface area contributed by atoms with Crippen molar-refractivity contribution in [2.75, 3.05) is 0 Å². The zero-order valence-corrected chi connectivity index (χ0v) is 15.9. The van der Waals surface area contributed by atoms with Gasteiger partial charge >= 0.3 is 5.97 Å². The molecule has 0 aromatic heterocycles. The molecule has 2 rings (SSSR count). The molecule has 25 heavy (non-hydrogen) atoms. The van der Waals surface area contributed by atoms with Crippen LogP contribution in [0, 0.1) is 0 Å². The minimum Gasteiger partial charge on any atom is -0.478 e. The van der Waals surface area contributed by atoms with Gasteiger partial charge in [0, 0.05) is 0 Å². The molecule has 134 valence electrons. The predicted octanol–water partition coefficient (Wildman–Crippen LogP) is 6.20. The first kappa shape index (κ1) is 19.2. The van der Waals surface area contributed by atoms with Crippen LogP contribution >= 0.6 is 0 Å². The summed E-state index contributed by atoms with van der Waals surface area (Å²) in [6.07, 6.45) is 3.91. The van der Waals surface area contributed by atoms with Gasteiger partial charge in [0.1, 0.15) is 0 Å². The molecular formula is C23H30O2. The van der Waals surface area contributed by atoms with E-state index in [0.717, 1.165) is 31.2 Å². The Morgan fingerprint density at radius 2 is 1.48 bits per heavy atom. The smallest absolute Gasteiger partial charge is 0.335 e. The van der Waals surface area contributed by atoms with E-state index in [1.807, 2.05) is 6.07 Å². The lowest BCUT2D eigenvalue weighted by Crippen LogP contribution is -2.10. The quantitative estimate of drug-likeness (QED) is 0.622. The molecule has 2 heteroatoms. The Kier molecular flexibility index (Phi) is 6.81. The van der Waals surface area contributed by atoms with E-state index in [2.05, 4.69) is 58.0 Å². The standard InChI is InChI=1S/C23H30O2/c1-5-16(3)20-12-8-7-10-18(20)14-15-19-11-9-13-21(23(24)25)22(19)17(4)6-2/h7-13,16-17H,5-6,14-15H2,1-4H3,(H,24,25). The molecule has 0 amide bonds. The third-order valence-corrected chi connectivity index (χ3v) is 5.39. The minimum absolute atomic E-state index is 0.257. The molecule has 2 atom stereocenters. The Morgan fingerprint density at radius 3 is 2.12 bits per heavy atom. The predicted molar refractivity (Wildman–Crippen MR) is 105 cm³/mol. The molecule has 0 bridgehead atoms. The highest BCUT2D eigenvalue weighted by Gasteiger charge is 2.18. The number of hydrogen-bond donors (Lipinski definition) is 1. The van der Waals surface area contributed by atoms with Crippen molar-refractivity contribution in [3.63, 3.8) is 0 Å². The van der Waals surface area contributed by atoms with Gasteiger partial charge in [0.05, 0.1) is 5.56 Å². The fourth-order valence-electron chi connectivity index (χ4n) is 3.54. The van der Waals surface area contributed by atoms with E-state index in [1.165, 1.54) is 16.7 Å². The molecule has 0 aliphatic carbocycles. The molecule has 1 N–H and O–H groups in total. The van der Waals surface area contributed by atoms with Crippen LogP contribution in [-0.2, 0) is 12.8 Å². The summed E-state index contributed by atoms with van der Waals surface area (Å²) < 4.78 is 0. The third-order valence-electron chi connectivity index (χ3n) is 5.39. The van der Waals surface area contributed by atoms with Crippen LogP contribution in [0.1, 0.15) is 85.0 Å². The van der Waals surface area contributed by atoms with E-state index in [0.29, 0.717) is 11.5 Å². The molecular weight excluding hydrogens is 308 g/mol. The molecule has 0 radical (unpaired) electrons. The van der Waals surface area contributed by atoms with Crippen molar-refractivity contribution in [1.29, 1.82) is 0 Å². The average molecular weight is 338 g/mol. The number of benzene rings is 2. The molecule has 0 saturated carbocycles. The highest BCUT2D eigenvalue weighted by molar-refractivity contribution is 5.90. The lowest BCUT2D eigenvalue weighted by Gasteiger charge is -2.19. The molecule has 0 heterocycles. The van der Waals surface area contributed by atoms with Gasteiger partial charge in [-0.3, -0.25) is 0 Å². The Bertz CT molecular complexity index is 718. The van der Waals surface area contributed by atoms with Crippen molar-refractivity contribution in [2.24, 2.45) is 0 Å². The first-order valence-corrected chi connectivity index (χ1v) is 9.42. The van der Waals surface area contributed by atoms with Crippen LogP contribution in [0.5, 0.6) is 0 Å². The van der Waals surface area contributed by atoms with Crippen molar-refractivity contribution in [3.8, 4) is 0 Å². The summed E-state index contributed by atoms with van der Waals surface area (Å²) in [5.74, 6) is -0.0140. The van der Waals surface area contributed by atoms with Crippen LogP contribution in [0.4, 0.5) is 0 Å². The second-order valence-electron chi connectivity index (χ2n) is 7.00. The Balaban J connectivity index is 2.33. The summed E-state index contributed by atoms with van der Waals surface area (Å²) in [5, 5.41) is 9.57. The van der Waals surface area contributed by atoms with E-state index < -0.39 is 5.97 Å². The number of aryl methyl sites for hydroxylation is 2. The summed E-state index contributed by atoms with van der Waals surface area (Å²) in [7, 11) is 0. The van der Waals surface area contributed by atoms with Crippen molar-refractivity contribution >= 4 is 5.97 Å². The van der Waals surface area contributed by atoms with E-state index in [4.69, 9.17) is 0 Å². The summed E-state index contributed by atoms with van der Waals surface area (Å²) in [6.45, 7) is 8.73. The molecule has 2 nitrogen and oxygen atoms in total. The Morgan fingerprint density at radius 1 is 0.880 bits per heavy atom. The summed E-state index contributed by atoms with van der Waals surface area (Å²) in [6, 6.07) is 14.4. The van der Waals surface area contributed by atoms with Gasteiger partial charge < -0.3 is 5.11 Å². The average Bonchev–Trinajstić information content (AvgIpc) is 2.64. The number of aromatic carboxylic acids is 1. The lowest BCUT2D eigenvalue weighted by atomic mass is 9.85. The Hall–Kier alpha value is -2.09. The van der Waals surface area contributed by atoms with Gasteiger partial charge in [0.25, 0.3) is 0 Å². The van der Waals surface area contributed by atoms with Gasteiger partial charge in [-0.25, -0.2) is 4.79 Å². The number of rotatable bonds is 8. The molecule has 0 fully saturated rings. The molecule has 0 saturated heterocycles. The van der Waals surface area contributed by atoms with Gasteiger partial charge in [0.2, 0.25) is 0 Å². The topological polar surface area (TPSA) is 37.3 Å². The van der Waals surface area contributed by atoms with Gasteiger partial charge in [0.15, 0.2) is 0 Å². The van der Waals surface area contributed by atoms with Crippen molar-refractivity contribution in [2.45, 2.75) is 65.2 Å². The van der Waals surface area contributed by atoms with Crippen LogP contribution < -0.4 is 0 Å². The normalized spacial score (nSPS) is 13.4. The maximum absolute atomic E-state index is 11.7. The first-order valence-electron chi connectivity index (χ1n) is 9.42. The van der Waals surface area contributed by atoms with Crippen molar-refractivity contribution in [1.82, 2.24) is 0 Å². The number of carboxylic acid groups (broad SMARTS) is 1. The minimum atomic E-state index is -0.822. The van der Waals surface area contributed by atoms with E-state index in [1.54, 1.807) is 6.07 Å². The first-order chi connectivity index (χ1) is 12.0. The highest BCUT2D eigenvalue weighted by atomic mass is 16.4. The maximum atomic E-state index is 11.7. The lowest BCUT2D eigenvalue weighted by molar-refractivity contribution is 0.0695. The number of hydrogen-bond acceptors (Lipinski definition) is 1. The molecule has 0 aliphatic rings. The second kappa shape index (κ2) is 8.84. The molecule has 0 aliphatic heterocycles. The number of carboxylic acids is 1. The highest BCUT2D eigenvalue weighted by Crippen LogP contribution is 2.29. The fourth-order valence-corrected chi connectivity index (χ4v) is 3.54. The van der Waals surface area contributed by atoms with Gasteiger partial charge in [-0.15, -0.1) is 0 Å². The zero-order valence-electron chi connectivity index (χ0n) is 15.9. The van der Waals surface area contributed by atoms with E-state index in [-0.39, 0.29) is 5.92 Å². The SMILES string of the molecule is CCC(C)c1ccccc1CCc1cccc(C(=O)O)c1C(C)CC.